The molecule has 2 aromatic rings. The van der Waals surface area contributed by atoms with Gasteiger partial charge in [-0.25, -0.2) is 0 Å². The number of ether oxygens (including phenoxy) is 1. The van der Waals surface area contributed by atoms with Crippen molar-refractivity contribution >= 4 is 12.4 Å². The highest BCUT2D eigenvalue weighted by atomic mass is 35.5. The van der Waals surface area contributed by atoms with Crippen LogP contribution in [0, 0.1) is 13.8 Å². The highest BCUT2D eigenvalue weighted by molar-refractivity contribution is 5.85. The highest BCUT2D eigenvalue weighted by Crippen LogP contribution is 2.33. The fourth-order valence-electron chi connectivity index (χ4n) is 4.32. The van der Waals surface area contributed by atoms with Crippen LogP contribution in [-0.4, -0.2) is 46.5 Å². The van der Waals surface area contributed by atoms with Crippen LogP contribution in [0.15, 0.2) is 36.4 Å². The lowest BCUT2D eigenvalue weighted by atomic mass is 9.84. The van der Waals surface area contributed by atoms with E-state index in [1.165, 1.54) is 16.7 Å². The van der Waals surface area contributed by atoms with Gasteiger partial charge in [-0.1, -0.05) is 18.2 Å². The number of aromatic hydroxyl groups is 1. The van der Waals surface area contributed by atoms with E-state index in [0.717, 1.165) is 56.6 Å². The van der Waals surface area contributed by atoms with Gasteiger partial charge in [0.15, 0.2) is 0 Å². The number of piperidine rings is 1. The predicted octanol–water partition coefficient (Wildman–Crippen LogP) is 3.80. The Morgan fingerprint density at radius 3 is 2.54 bits per heavy atom. The molecule has 0 amide bonds. The van der Waals surface area contributed by atoms with Crippen LogP contribution < -0.4 is 4.74 Å². The summed E-state index contributed by atoms with van der Waals surface area (Å²) in [5, 5.41) is 20.7. The first kappa shape index (κ1) is 21.0. The van der Waals surface area contributed by atoms with Crippen LogP contribution in [0.4, 0.5) is 0 Å². The molecule has 0 radical (unpaired) electrons. The van der Waals surface area contributed by atoms with Gasteiger partial charge in [-0.05, 0) is 61.6 Å². The fraction of sp³-hybridized carbons (Fsp3) is 0.478. The molecule has 1 saturated heterocycles. The van der Waals surface area contributed by atoms with E-state index < -0.39 is 5.60 Å². The van der Waals surface area contributed by atoms with Gasteiger partial charge in [-0.2, -0.15) is 0 Å². The van der Waals surface area contributed by atoms with Crippen molar-refractivity contribution < 1.29 is 14.9 Å². The first-order valence-corrected chi connectivity index (χ1v) is 9.90. The number of phenols is 1. The normalized spacial score (nSPS) is 20.9. The molecule has 1 fully saturated rings. The molecular weight excluding hydrogens is 374 g/mol. The molecule has 5 heteroatoms. The summed E-state index contributed by atoms with van der Waals surface area (Å²) in [7, 11) is 0. The Labute approximate surface area is 173 Å². The Morgan fingerprint density at radius 1 is 1.07 bits per heavy atom. The van der Waals surface area contributed by atoms with Crippen LogP contribution in [0.2, 0.25) is 0 Å². The maximum atomic E-state index is 11.1. The number of rotatable bonds is 4. The Hall–Kier alpha value is -1.75. The highest BCUT2D eigenvalue weighted by Gasteiger charge is 2.34. The van der Waals surface area contributed by atoms with Gasteiger partial charge >= 0.3 is 0 Å². The van der Waals surface area contributed by atoms with Crippen molar-refractivity contribution in [1.82, 2.24) is 4.90 Å². The molecule has 0 aliphatic carbocycles. The number of phenolic OH excluding ortho intramolecular Hbond substituents is 1. The van der Waals surface area contributed by atoms with Crippen LogP contribution in [0.5, 0.6) is 11.5 Å². The molecule has 152 valence electrons. The number of hydrogen-bond acceptors (Lipinski definition) is 4. The molecule has 4 nitrogen and oxygen atoms in total. The quantitative estimate of drug-likeness (QED) is 0.815. The van der Waals surface area contributed by atoms with Gasteiger partial charge in [0.2, 0.25) is 0 Å². The third-order valence-electron chi connectivity index (χ3n) is 6.14. The molecule has 4 rings (SSSR count). The van der Waals surface area contributed by atoms with E-state index in [0.29, 0.717) is 5.75 Å². The minimum atomic E-state index is -0.608. The standard InChI is InChI=1S/C23H29NO3.ClH/c1-16-3-4-18(11-17(16)2)14-23(26)7-9-24(10-8-23)15-21-13-19-12-20(25)5-6-22(19)27-21;/h3-6,11-12,21,25-26H,7-10,13-15H2,1-2H3;1H. The molecule has 2 aliphatic rings. The zero-order chi connectivity index (χ0) is 19.0. The molecule has 0 spiro atoms. The van der Waals surface area contributed by atoms with Crippen LogP contribution >= 0.6 is 12.4 Å². The van der Waals surface area contributed by atoms with Crippen molar-refractivity contribution in [3.8, 4) is 11.5 Å². The fourth-order valence-corrected chi connectivity index (χ4v) is 4.32. The van der Waals surface area contributed by atoms with Gasteiger partial charge in [0, 0.05) is 38.0 Å². The molecule has 2 aromatic carbocycles. The Balaban J connectivity index is 0.00000225. The molecule has 0 bridgehead atoms. The number of aliphatic hydroxyl groups is 1. The van der Waals surface area contributed by atoms with Crippen LogP contribution in [0.1, 0.15) is 35.1 Å². The average Bonchev–Trinajstić information content (AvgIpc) is 3.02. The molecule has 28 heavy (non-hydrogen) atoms. The average molecular weight is 404 g/mol. The lowest BCUT2D eigenvalue weighted by Gasteiger charge is -2.39. The van der Waals surface area contributed by atoms with Crippen LogP contribution in [0.3, 0.4) is 0 Å². The zero-order valence-electron chi connectivity index (χ0n) is 16.6. The predicted molar refractivity (Wildman–Crippen MR) is 114 cm³/mol. The smallest absolute Gasteiger partial charge is 0.123 e. The monoisotopic (exact) mass is 403 g/mol. The number of halogens is 1. The van der Waals surface area contributed by atoms with Crippen molar-refractivity contribution in [3.63, 3.8) is 0 Å². The van der Waals surface area contributed by atoms with Gasteiger partial charge in [0.1, 0.15) is 17.6 Å². The van der Waals surface area contributed by atoms with E-state index in [2.05, 4.69) is 36.9 Å². The lowest BCUT2D eigenvalue weighted by molar-refractivity contribution is -0.0265. The molecule has 2 aliphatic heterocycles. The minimum Gasteiger partial charge on any atom is -0.508 e. The third-order valence-corrected chi connectivity index (χ3v) is 6.14. The molecule has 1 atom stereocenters. The van der Waals surface area contributed by atoms with Gasteiger partial charge < -0.3 is 14.9 Å². The van der Waals surface area contributed by atoms with Crippen molar-refractivity contribution in [2.75, 3.05) is 19.6 Å². The summed E-state index contributed by atoms with van der Waals surface area (Å²) in [6, 6.07) is 11.8. The Kier molecular flexibility index (Phi) is 6.23. The summed E-state index contributed by atoms with van der Waals surface area (Å²) in [6.45, 7) is 6.91. The van der Waals surface area contributed by atoms with Crippen molar-refractivity contribution in [1.29, 1.82) is 0 Å². The van der Waals surface area contributed by atoms with E-state index >= 15 is 0 Å². The largest absolute Gasteiger partial charge is 0.508 e. The maximum Gasteiger partial charge on any atom is 0.123 e. The van der Waals surface area contributed by atoms with Crippen molar-refractivity contribution in [2.24, 2.45) is 0 Å². The van der Waals surface area contributed by atoms with Crippen molar-refractivity contribution in [3.05, 3.63) is 58.7 Å². The van der Waals surface area contributed by atoms with E-state index in [9.17, 15) is 10.2 Å². The Bertz CT molecular complexity index is 831. The molecular formula is C23H30ClNO3. The summed E-state index contributed by atoms with van der Waals surface area (Å²) in [4.78, 5) is 2.39. The second kappa shape index (κ2) is 8.32. The van der Waals surface area contributed by atoms with E-state index in [1.54, 1.807) is 12.1 Å². The molecule has 0 aromatic heterocycles. The summed E-state index contributed by atoms with van der Waals surface area (Å²) < 4.78 is 6.02. The van der Waals surface area contributed by atoms with Crippen LogP contribution in [-0.2, 0) is 12.8 Å². The second-order valence-electron chi connectivity index (χ2n) is 8.36. The maximum absolute atomic E-state index is 11.1. The van der Waals surface area contributed by atoms with Gasteiger partial charge in [-0.15, -0.1) is 12.4 Å². The summed E-state index contributed by atoms with van der Waals surface area (Å²) in [6.07, 6.45) is 3.29. The summed E-state index contributed by atoms with van der Waals surface area (Å²) in [5.74, 6) is 1.19. The van der Waals surface area contributed by atoms with E-state index in [4.69, 9.17) is 4.74 Å². The Morgan fingerprint density at radius 2 is 1.82 bits per heavy atom. The van der Waals surface area contributed by atoms with E-state index in [-0.39, 0.29) is 18.5 Å². The molecule has 2 N–H and O–H groups in total. The molecule has 2 heterocycles. The number of aryl methyl sites for hydroxylation is 2. The number of likely N-dealkylation sites (tertiary alicyclic amines) is 1. The lowest BCUT2D eigenvalue weighted by Crippen LogP contribution is -2.48. The number of benzene rings is 2. The summed E-state index contributed by atoms with van der Waals surface area (Å²) in [5.41, 5.74) is 4.29. The number of fused-ring (bicyclic) bond motifs is 1. The SMILES string of the molecule is Cc1ccc(CC2(O)CCN(CC3Cc4cc(O)ccc4O3)CC2)cc1C.Cl. The number of hydrogen-bond donors (Lipinski definition) is 2. The van der Waals surface area contributed by atoms with Gasteiger partial charge in [-0.3, -0.25) is 4.90 Å². The minimum absolute atomic E-state index is 0. The second-order valence-corrected chi connectivity index (χ2v) is 8.36. The topological polar surface area (TPSA) is 52.9 Å². The third kappa shape index (κ3) is 4.62. The van der Waals surface area contributed by atoms with Crippen LogP contribution in [0.25, 0.3) is 0 Å². The van der Waals surface area contributed by atoms with Gasteiger partial charge in [0.05, 0.1) is 5.60 Å². The molecule has 1 unspecified atom stereocenters. The number of nitrogens with zero attached hydrogens (tertiary/aromatic N) is 1. The first-order chi connectivity index (χ1) is 12.9. The summed E-state index contributed by atoms with van der Waals surface area (Å²) >= 11 is 0. The van der Waals surface area contributed by atoms with E-state index in [1.807, 2.05) is 6.07 Å². The first-order valence-electron chi connectivity index (χ1n) is 9.90. The zero-order valence-corrected chi connectivity index (χ0v) is 17.5. The van der Waals surface area contributed by atoms with Gasteiger partial charge in [0.25, 0.3) is 0 Å². The van der Waals surface area contributed by atoms with Crippen molar-refractivity contribution in [2.45, 2.75) is 51.2 Å². The molecule has 0 saturated carbocycles.